The van der Waals surface area contributed by atoms with Crippen LogP contribution in [0.15, 0.2) is 24.5 Å². The summed E-state index contributed by atoms with van der Waals surface area (Å²) < 4.78 is 0. The van der Waals surface area contributed by atoms with Gasteiger partial charge in [0.15, 0.2) is 0 Å². The number of amides is 2. The molecule has 17 heavy (non-hydrogen) atoms. The first-order valence-corrected chi connectivity index (χ1v) is 5.91. The molecule has 1 unspecified atom stereocenters. The molecular formula is C12H18N4O. The summed E-state index contributed by atoms with van der Waals surface area (Å²) in [5, 5.41) is 2.90. The summed E-state index contributed by atoms with van der Waals surface area (Å²) in [5.41, 5.74) is 6.65. The number of hydrogen-bond acceptors (Lipinski definition) is 3. The highest BCUT2D eigenvalue weighted by Gasteiger charge is 2.24. The van der Waals surface area contributed by atoms with Gasteiger partial charge in [-0.15, -0.1) is 0 Å². The molecule has 0 aromatic carbocycles. The standard InChI is InChI=1S/C12H18N4O/c13-4-1-11-7-15-12(17)16(9-11)8-10-2-5-14-6-3-10/h2-3,5-6,11H,1,4,7-9,13H2,(H,15,17). The second-order valence-corrected chi connectivity index (χ2v) is 4.37. The van der Waals surface area contributed by atoms with Crippen LogP contribution in [0.2, 0.25) is 0 Å². The third-order valence-electron chi connectivity index (χ3n) is 3.01. The second-order valence-electron chi connectivity index (χ2n) is 4.37. The Morgan fingerprint density at radius 3 is 2.94 bits per heavy atom. The number of carbonyl (C=O) groups is 1. The molecule has 1 atom stereocenters. The van der Waals surface area contributed by atoms with Gasteiger partial charge in [0.05, 0.1) is 0 Å². The first-order valence-electron chi connectivity index (χ1n) is 5.91. The molecular weight excluding hydrogens is 216 g/mol. The van der Waals surface area contributed by atoms with Gasteiger partial charge in [0, 0.05) is 32.0 Å². The molecule has 0 spiro atoms. The maximum atomic E-state index is 11.7. The number of aromatic nitrogens is 1. The summed E-state index contributed by atoms with van der Waals surface area (Å²) in [6.07, 6.45) is 4.44. The van der Waals surface area contributed by atoms with Crippen molar-refractivity contribution in [3.63, 3.8) is 0 Å². The zero-order chi connectivity index (χ0) is 12.1. The van der Waals surface area contributed by atoms with Crippen molar-refractivity contribution in [3.8, 4) is 0 Å². The summed E-state index contributed by atoms with van der Waals surface area (Å²) in [5.74, 6) is 0.458. The lowest BCUT2D eigenvalue weighted by atomic mass is 10.0. The fourth-order valence-electron chi connectivity index (χ4n) is 2.08. The van der Waals surface area contributed by atoms with Crippen LogP contribution in [0.25, 0.3) is 0 Å². The van der Waals surface area contributed by atoms with Crippen molar-refractivity contribution in [2.24, 2.45) is 11.7 Å². The van der Waals surface area contributed by atoms with Gasteiger partial charge in [-0.05, 0) is 36.6 Å². The van der Waals surface area contributed by atoms with E-state index in [1.807, 2.05) is 17.0 Å². The van der Waals surface area contributed by atoms with E-state index in [9.17, 15) is 4.79 Å². The molecule has 1 aromatic rings. The number of nitrogens with two attached hydrogens (primary N) is 1. The first kappa shape index (κ1) is 11.9. The first-order chi connectivity index (χ1) is 8.29. The average Bonchev–Trinajstić information content (AvgIpc) is 2.35. The number of carbonyl (C=O) groups excluding carboxylic acids is 1. The molecule has 0 aliphatic carbocycles. The molecule has 0 saturated carbocycles. The number of nitrogens with one attached hydrogen (secondary N) is 1. The predicted octanol–water partition coefficient (Wildman–Crippen LogP) is 0.572. The number of pyridine rings is 1. The van der Waals surface area contributed by atoms with E-state index in [0.717, 1.165) is 25.1 Å². The molecule has 5 heteroatoms. The van der Waals surface area contributed by atoms with Crippen molar-refractivity contribution in [1.82, 2.24) is 15.2 Å². The van der Waals surface area contributed by atoms with Crippen LogP contribution in [0.5, 0.6) is 0 Å². The normalized spacial score (nSPS) is 20.2. The van der Waals surface area contributed by atoms with Crippen LogP contribution in [0.3, 0.4) is 0 Å². The van der Waals surface area contributed by atoms with Crippen LogP contribution in [-0.4, -0.2) is 35.5 Å². The minimum atomic E-state index is 0.00934. The Bertz CT molecular complexity index is 368. The van der Waals surface area contributed by atoms with Crippen molar-refractivity contribution in [2.75, 3.05) is 19.6 Å². The molecule has 1 saturated heterocycles. The van der Waals surface area contributed by atoms with Crippen LogP contribution >= 0.6 is 0 Å². The zero-order valence-electron chi connectivity index (χ0n) is 9.80. The molecule has 3 N–H and O–H groups in total. The molecule has 1 aliphatic rings. The van der Waals surface area contributed by atoms with E-state index >= 15 is 0 Å². The van der Waals surface area contributed by atoms with Crippen molar-refractivity contribution >= 4 is 6.03 Å². The molecule has 2 amide bonds. The van der Waals surface area contributed by atoms with Crippen molar-refractivity contribution in [2.45, 2.75) is 13.0 Å². The number of rotatable bonds is 4. The fourth-order valence-corrected chi connectivity index (χ4v) is 2.08. The Balaban J connectivity index is 1.96. The van der Waals surface area contributed by atoms with Gasteiger partial charge in [-0.25, -0.2) is 4.79 Å². The van der Waals surface area contributed by atoms with Gasteiger partial charge < -0.3 is 16.0 Å². The van der Waals surface area contributed by atoms with E-state index in [2.05, 4.69) is 10.3 Å². The number of hydrogen-bond donors (Lipinski definition) is 2. The SMILES string of the molecule is NCCC1CNC(=O)N(Cc2ccncc2)C1. The van der Waals surface area contributed by atoms with Crippen LogP contribution < -0.4 is 11.1 Å². The van der Waals surface area contributed by atoms with Gasteiger partial charge in [-0.3, -0.25) is 4.98 Å². The van der Waals surface area contributed by atoms with E-state index in [0.29, 0.717) is 19.0 Å². The smallest absolute Gasteiger partial charge is 0.317 e. The highest BCUT2D eigenvalue weighted by atomic mass is 16.2. The van der Waals surface area contributed by atoms with E-state index in [1.54, 1.807) is 12.4 Å². The summed E-state index contributed by atoms with van der Waals surface area (Å²) in [7, 11) is 0. The van der Waals surface area contributed by atoms with Gasteiger partial charge >= 0.3 is 6.03 Å². The average molecular weight is 234 g/mol. The molecule has 1 aliphatic heterocycles. The van der Waals surface area contributed by atoms with Crippen LogP contribution in [-0.2, 0) is 6.54 Å². The van der Waals surface area contributed by atoms with Crippen LogP contribution in [0, 0.1) is 5.92 Å². The quantitative estimate of drug-likeness (QED) is 0.800. The Labute approximate surface area is 101 Å². The number of nitrogens with zero attached hydrogens (tertiary/aromatic N) is 2. The Kier molecular flexibility index (Phi) is 3.93. The minimum absolute atomic E-state index is 0.00934. The van der Waals surface area contributed by atoms with E-state index in [4.69, 9.17) is 5.73 Å². The van der Waals surface area contributed by atoms with Crippen LogP contribution in [0.1, 0.15) is 12.0 Å². The van der Waals surface area contributed by atoms with Gasteiger partial charge in [-0.1, -0.05) is 0 Å². The Morgan fingerprint density at radius 1 is 1.47 bits per heavy atom. The fraction of sp³-hybridized carbons (Fsp3) is 0.500. The predicted molar refractivity (Wildman–Crippen MR) is 65.2 cm³/mol. The largest absolute Gasteiger partial charge is 0.338 e. The van der Waals surface area contributed by atoms with E-state index in [-0.39, 0.29) is 6.03 Å². The van der Waals surface area contributed by atoms with Gasteiger partial charge in [0.2, 0.25) is 0 Å². The van der Waals surface area contributed by atoms with Crippen molar-refractivity contribution < 1.29 is 4.79 Å². The lowest BCUT2D eigenvalue weighted by Gasteiger charge is -2.33. The molecule has 92 valence electrons. The maximum absolute atomic E-state index is 11.7. The van der Waals surface area contributed by atoms with Gasteiger partial charge in [0.25, 0.3) is 0 Å². The highest BCUT2D eigenvalue weighted by molar-refractivity contribution is 5.75. The third-order valence-corrected chi connectivity index (χ3v) is 3.01. The summed E-state index contributed by atoms with van der Waals surface area (Å²) in [6, 6.07) is 3.87. The summed E-state index contributed by atoms with van der Waals surface area (Å²) in [6.45, 7) is 2.83. The van der Waals surface area contributed by atoms with Gasteiger partial charge in [-0.2, -0.15) is 0 Å². The minimum Gasteiger partial charge on any atom is -0.338 e. The molecule has 0 radical (unpaired) electrons. The molecule has 5 nitrogen and oxygen atoms in total. The van der Waals surface area contributed by atoms with Gasteiger partial charge in [0.1, 0.15) is 0 Å². The topological polar surface area (TPSA) is 71.2 Å². The number of urea groups is 1. The van der Waals surface area contributed by atoms with Crippen LogP contribution in [0.4, 0.5) is 4.79 Å². The van der Waals surface area contributed by atoms with E-state index in [1.165, 1.54) is 0 Å². The molecule has 1 aromatic heterocycles. The second kappa shape index (κ2) is 5.63. The lowest BCUT2D eigenvalue weighted by Crippen LogP contribution is -2.50. The third kappa shape index (κ3) is 3.17. The Hall–Kier alpha value is -1.62. The monoisotopic (exact) mass is 234 g/mol. The molecule has 2 rings (SSSR count). The van der Waals surface area contributed by atoms with Crippen molar-refractivity contribution in [3.05, 3.63) is 30.1 Å². The summed E-state index contributed by atoms with van der Waals surface area (Å²) in [4.78, 5) is 17.5. The lowest BCUT2D eigenvalue weighted by molar-refractivity contribution is 0.162. The molecule has 1 fully saturated rings. The zero-order valence-corrected chi connectivity index (χ0v) is 9.80. The Morgan fingerprint density at radius 2 is 2.24 bits per heavy atom. The molecule has 0 bridgehead atoms. The van der Waals surface area contributed by atoms with Crippen molar-refractivity contribution in [1.29, 1.82) is 0 Å². The maximum Gasteiger partial charge on any atom is 0.317 e. The van der Waals surface area contributed by atoms with E-state index < -0.39 is 0 Å². The summed E-state index contributed by atoms with van der Waals surface area (Å²) >= 11 is 0. The molecule has 2 heterocycles. The highest BCUT2D eigenvalue weighted by Crippen LogP contribution is 2.13.